The SMILES string of the molecule is CC(OC1CCC(C)(C)CC1)C(=O)Nc1ccc(N)cc1. The van der Waals surface area contributed by atoms with Crippen molar-refractivity contribution in [3.05, 3.63) is 24.3 Å². The second-order valence-electron chi connectivity index (χ2n) is 6.75. The summed E-state index contributed by atoms with van der Waals surface area (Å²) in [6.07, 6.45) is 4.14. The highest BCUT2D eigenvalue weighted by atomic mass is 16.5. The van der Waals surface area contributed by atoms with Gasteiger partial charge >= 0.3 is 0 Å². The molecule has 3 N–H and O–H groups in total. The van der Waals surface area contributed by atoms with Crippen molar-refractivity contribution in [3.8, 4) is 0 Å². The van der Waals surface area contributed by atoms with Crippen LogP contribution in [0.3, 0.4) is 0 Å². The van der Waals surface area contributed by atoms with Gasteiger partial charge in [-0.25, -0.2) is 0 Å². The number of benzene rings is 1. The molecule has 116 valence electrons. The Kier molecular flexibility index (Phi) is 4.88. The largest absolute Gasteiger partial charge is 0.399 e. The van der Waals surface area contributed by atoms with Gasteiger partial charge in [0.1, 0.15) is 6.10 Å². The van der Waals surface area contributed by atoms with Gasteiger partial charge in [-0.05, 0) is 62.3 Å². The van der Waals surface area contributed by atoms with Gasteiger partial charge in [0.15, 0.2) is 0 Å². The zero-order valence-electron chi connectivity index (χ0n) is 13.2. The van der Waals surface area contributed by atoms with Gasteiger partial charge in [0.05, 0.1) is 6.10 Å². The van der Waals surface area contributed by atoms with Gasteiger partial charge in [-0.2, -0.15) is 0 Å². The van der Waals surface area contributed by atoms with Crippen LogP contribution < -0.4 is 11.1 Å². The van der Waals surface area contributed by atoms with Crippen LogP contribution in [0.25, 0.3) is 0 Å². The molecule has 0 bridgehead atoms. The number of rotatable bonds is 4. The van der Waals surface area contributed by atoms with Crippen LogP contribution in [-0.4, -0.2) is 18.1 Å². The van der Waals surface area contributed by atoms with Crippen LogP contribution in [0.2, 0.25) is 0 Å². The number of nitrogen functional groups attached to an aromatic ring is 1. The second-order valence-corrected chi connectivity index (χ2v) is 6.75. The van der Waals surface area contributed by atoms with Crippen molar-refractivity contribution in [2.24, 2.45) is 5.41 Å². The molecule has 0 heterocycles. The summed E-state index contributed by atoms with van der Waals surface area (Å²) in [5.74, 6) is -0.107. The maximum absolute atomic E-state index is 12.1. The van der Waals surface area contributed by atoms with Crippen LogP contribution in [0, 0.1) is 5.41 Å². The lowest BCUT2D eigenvalue weighted by molar-refractivity contribution is -0.132. The van der Waals surface area contributed by atoms with E-state index in [1.165, 1.54) is 0 Å². The molecular weight excluding hydrogens is 264 g/mol. The molecule has 4 nitrogen and oxygen atoms in total. The highest BCUT2D eigenvalue weighted by Gasteiger charge is 2.29. The Labute approximate surface area is 127 Å². The number of carbonyl (C=O) groups excluding carboxylic acids is 1. The number of carbonyl (C=O) groups is 1. The molecular formula is C17H26N2O2. The van der Waals surface area contributed by atoms with E-state index in [4.69, 9.17) is 10.5 Å². The van der Waals surface area contributed by atoms with Crippen molar-refractivity contribution < 1.29 is 9.53 Å². The molecule has 1 aliphatic carbocycles. The summed E-state index contributed by atoms with van der Waals surface area (Å²) in [6.45, 7) is 6.40. The van der Waals surface area contributed by atoms with Crippen molar-refractivity contribution in [2.75, 3.05) is 11.1 Å². The van der Waals surface area contributed by atoms with Gasteiger partial charge in [0.25, 0.3) is 5.91 Å². The predicted molar refractivity (Wildman–Crippen MR) is 86.1 cm³/mol. The van der Waals surface area contributed by atoms with E-state index < -0.39 is 6.10 Å². The van der Waals surface area contributed by atoms with E-state index in [-0.39, 0.29) is 12.0 Å². The maximum atomic E-state index is 12.1. The third-order valence-electron chi connectivity index (χ3n) is 4.23. The summed E-state index contributed by atoms with van der Waals surface area (Å²) in [5, 5.41) is 2.86. The van der Waals surface area contributed by atoms with Gasteiger partial charge in [0.2, 0.25) is 0 Å². The summed E-state index contributed by atoms with van der Waals surface area (Å²) in [4.78, 5) is 12.1. The highest BCUT2D eigenvalue weighted by molar-refractivity contribution is 5.94. The standard InChI is InChI=1S/C17H26N2O2/c1-12(21-15-8-10-17(2,3)11-9-15)16(20)19-14-6-4-13(18)5-7-14/h4-7,12,15H,8-11,18H2,1-3H3,(H,19,20). The van der Waals surface area contributed by atoms with Crippen molar-refractivity contribution in [1.29, 1.82) is 0 Å². The summed E-state index contributed by atoms with van der Waals surface area (Å²) < 4.78 is 5.91. The number of ether oxygens (including phenoxy) is 1. The monoisotopic (exact) mass is 290 g/mol. The fraction of sp³-hybridized carbons (Fsp3) is 0.588. The molecule has 1 aromatic carbocycles. The Morgan fingerprint density at radius 2 is 1.86 bits per heavy atom. The molecule has 0 aliphatic heterocycles. The molecule has 21 heavy (non-hydrogen) atoms. The molecule has 0 radical (unpaired) electrons. The zero-order valence-corrected chi connectivity index (χ0v) is 13.2. The average Bonchev–Trinajstić information content (AvgIpc) is 2.43. The van der Waals surface area contributed by atoms with Gasteiger partial charge in [-0.15, -0.1) is 0 Å². The number of hydrogen-bond donors (Lipinski definition) is 2. The van der Waals surface area contributed by atoms with Crippen LogP contribution in [-0.2, 0) is 9.53 Å². The lowest BCUT2D eigenvalue weighted by atomic mass is 9.76. The van der Waals surface area contributed by atoms with Crippen molar-refractivity contribution >= 4 is 17.3 Å². The first kappa shape index (κ1) is 15.8. The van der Waals surface area contributed by atoms with Gasteiger partial charge in [0, 0.05) is 11.4 Å². The molecule has 1 atom stereocenters. The predicted octanol–water partition coefficient (Wildman–Crippen LogP) is 3.58. The Morgan fingerprint density at radius 3 is 2.43 bits per heavy atom. The quantitative estimate of drug-likeness (QED) is 0.833. The first-order valence-electron chi connectivity index (χ1n) is 7.68. The normalized spacial score (nSPS) is 20.0. The van der Waals surface area contributed by atoms with E-state index in [2.05, 4.69) is 19.2 Å². The fourth-order valence-electron chi connectivity index (χ4n) is 2.67. The van der Waals surface area contributed by atoms with Crippen LogP contribution in [0.15, 0.2) is 24.3 Å². The van der Waals surface area contributed by atoms with E-state index >= 15 is 0 Å². The third kappa shape index (κ3) is 4.74. The number of nitrogens with two attached hydrogens (primary N) is 1. The number of anilines is 2. The summed E-state index contributed by atoms with van der Waals surface area (Å²) in [6, 6.07) is 7.13. The number of amides is 1. The Balaban J connectivity index is 1.81. The molecule has 1 amide bonds. The number of hydrogen-bond acceptors (Lipinski definition) is 3. The van der Waals surface area contributed by atoms with Crippen molar-refractivity contribution in [3.63, 3.8) is 0 Å². The van der Waals surface area contributed by atoms with E-state index in [0.29, 0.717) is 11.1 Å². The molecule has 1 aromatic rings. The molecule has 2 rings (SSSR count). The fourth-order valence-corrected chi connectivity index (χ4v) is 2.67. The van der Waals surface area contributed by atoms with Gasteiger partial charge in [-0.1, -0.05) is 13.8 Å². The van der Waals surface area contributed by atoms with Crippen LogP contribution in [0.1, 0.15) is 46.5 Å². The molecule has 0 saturated heterocycles. The maximum Gasteiger partial charge on any atom is 0.253 e. The smallest absolute Gasteiger partial charge is 0.253 e. The molecule has 1 unspecified atom stereocenters. The van der Waals surface area contributed by atoms with Gasteiger partial charge in [-0.3, -0.25) is 4.79 Å². The molecule has 1 aliphatic rings. The lowest BCUT2D eigenvalue weighted by Crippen LogP contribution is -2.34. The Hall–Kier alpha value is -1.55. The molecule has 1 saturated carbocycles. The highest BCUT2D eigenvalue weighted by Crippen LogP contribution is 2.36. The molecule has 4 heteroatoms. The van der Waals surface area contributed by atoms with Crippen LogP contribution in [0.5, 0.6) is 0 Å². The van der Waals surface area contributed by atoms with Gasteiger partial charge < -0.3 is 15.8 Å². The first-order valence-corrected chi connectivity index (χ1v) is 7.68. The van der Waals surface area contributed by atoms with Crippen molar-refractivity contribution in [2.45, 2.75) is 58.7 Å². The Bertz CT molecular complexity index is 472. The third-order valence-corrected chi connectivity index (χ3v) is 4.23. The second kappa shape index (κ2) is 6.48. The first-order chi connectivity index (χ1) is 9.85. The summed E-state index contributed by atoms with van der Waals surface area (Å²) in [7, 11) is 0. The van der Waals surface area contributed by atoms with Crippen molar-refractivity contribution in [1.82, 2.24) is 0 Å². The van der Waals surface area contributed by atoms with Crippen LogP contribution in [0.4, 0.5) is 11.4 Å². The Morgan fingerprint density at radius 1 is 1.29 bits per heavy atom. The minimum atomic E-state index is -0.436. The average molecular weight is 290 g/mol. The van der Waals surface area contributed by atoms with E-state index in [1.54, 1.807) is 24.3 Å². The van der Waals surface area contributed by atoms with E-state index in [9.17, 15) is 4.79 Å². The molecule has 1 fully saturated rings. The molecule has 0 spiro atoms. The van der Waals surface area contributed by atoms with Crippen LogP contribution >= 0.6 is 0 Å². The molecule has 0 aromatic heterocycles. The summed E-state index contributed by atoms with van der Waals surface area (Å²) in [5.41, 5.74) is 7.46. The number of nitrogens with one attached hydrogen (secondary N) is 1. The lowest BCUT2D eigenvalue weighted by Gasteiger charge is -2.35. The van der Waals surface area contributed by atoms with E-state index in [1.807, 2.05) is 6.92 Å². The minimum absolute atomic E-state index is 0.107. The zero-order chi connectivity index (χ0) is 15.5. The van der Waals surface area contributed by atoms with E-state index in [0.717, 1.165) is 31.4 Å². The topological polar surface area (TPSA) is 64.3 Å². The minimum Gasteiger partial charge on any atom is -0.399 e. The summed E-state index contributed by atoms with van der Waals surface area (Å²) >= 11 is 0.